The molecule has 0 aliphatic carbocycles. The van der Waals surface area contributed by atoms with E-state index in [0.717, 1.165) is 17.1 Å². The van der Waals surface area contributed by atoms with Crippen LogP contribution in [-0.4, -0.2) is 20.0 Å². The fourth-order valence-electron chi connectivity index (χ4n) is 1.37. The fourth-order valence-corrected chi connectivity index (χ4v) is 1.56. The lowest BCUT2D eigenvalue weighted by atomic mass is 10.3. The molecule has 84 valence electrons. The predicted octanol–water partition coefficient (Wildman–Crippen LogP) is 1.78. The van der Waals surface area contributed by atoms with Crippen LogP contribution in [0.15, 0.2) is 18.3 Å². The summed E-state index contributed by atoms with van der Waals surface area (Å²) in [5.74, 6) is 0. The van der Waals surface area contributed by atoms with E-state index in [1.54, 1.807) is 16.9 Å². The Bertz CT molecular complexity index is 494. The number of rotatable bonds is 3. The largest absolute Gasteiger partial charge is 0.378 e. The number of hydrogen-bond acceptors (Lipinski definition) is 4. The zero-order chi connectivity index (χ0) is 11.5. The molecule has 1 N–H and O–H groups in total. The first-order chi connectivity index (χ1) is 7.66. The summed E-state index contributed by atoms with van der Waals surface area (Å²) < 4.78 is 1.73. The predicted molar refractivity (Wildman–Crippen MR) is 62.3 cm³/mol. The summed E-state index contributed by atoms with van der Waals surface area (Å²) in [6.07, 6.45) is 1.73. The van der Waals surface area contributed by atoms with Gasteiger partial charge in [0.05, 0.1) is 29.8 Å². The minimum atomic E-state index is 0.505. The number of aromatic nitrogens is 4. The molecule has 0 aliphatic heterocycles. The molecule has 2 aromatic heterocycles. The Kier molecular flexibility index (Phi) is 3.05. The lowest BCUT2D eigenvalue weighted by molar-refractivity contribution is 0.683. The number of anilines is 1. The van der Waals surface area contributed by atoms with Crippen molar-refractivity contribution in [3.8, 4) is 0 Å². The molecule has 0 bridgehead atoms. The summed E-state index contributed by atoms with van der Waals surface area (Å²) in [5.41, 5.74) is 2.85. The summed E-state index contributed by atoms with van der Waals surface area (Å²) in [4.78, 5) is 4.16. The summed E-state index contributed by atoms with van der Waals surface area (Å²) in [7, 11) is 1.86. The van der Waals surface area contributed by atoms with Crippen molar-refractivity contribution in [1.29, 1.82) is 0 Å². The third-order valence-corrected chi connectivity index (χ3v) is 2.53. The molecule has 2 rings (SSSR count). The van der Waals surface area contributed by atoms with E-state index in [0.29, 0.717) is 11.7 Å². The Morgan fingerprint density at radius 3 is 2.88 bits per heavy atom. The molecule has 0 atom stereocenters. The molecule has 0 aliphatic rings. The van der Waals surface area contributed by atoms with Crippen LogP contribution in [0.5, 0.6) is 0 Å². The Hall–Kier alpha value is -1.62. The Labute approximate surface area is 98.5 Å². The van der Waals surface area contributed by atoms with Gasteiger partial charge in [-0.3, -0.25) is 4.68 Å². The molecule has 0 saturated carbocycles. The molecule has 2 heterocycles. The van der Waals surface area contributed by atoms with Crippen molar-refractivity contribution in [3.05, 3.63) is 34.9 Å². The van der Waals surface area contributed by atoms with Crippen molar-refractivity contribution in [3.63, 3.8) is 0 Å². The van der Waals surface area contributed by atoms with E-state index in [9.17, 15) is 0 Å². The van der Waals surface area contributed by atoms with Gasteiger partial charge in [0.15, 0.2) is 0 Å². The first-order valence-corrected chi connectivity index (χ1v) is 5.25. The quantitative estimate of drug-likeness (QED) is 0.827. The highest BCUT2D eigenvalue weighted by Crippen LogP contribution is 2.16. The molecule has 0 spiro atoms. The Balaban J connectivity index is 2.08. The van der Waals surface area contributed by atoms with E-state index in [-0.39, 0.29) is 0 Å². The average molecular weight is 238 g/mol. The van der Waals surface area contributed by atoms with Crippen LogP contribution in [0.25, 0.3) is 0 Å². The Morgan fingerprint density at radius 1 is 1.44 bits per heavy atom. The molecular weight excluding hydrogens is 226 g/mol. The minimum Gasteiger partial charge on any atom is -0.378 e. The number of nitrogens with zero attached hydrogens (tertiary/aromatic N) is 4. The van der Waals surface area contributed by atoms with Crippen molar-refractivity contribution < 1.29 is 0 Å². The molecule has 0 amide bonds. The van der Waals surface area contributed by atoms with Gasteiger partial charge in [-0.2, -0.15) is 0 Å². The molecule has 6 heteroatoms. The summed E-state index contributed by atoms with van der Waals surface area (Å²) in [6.45, 7) is 2.57. The van der Waals surface area contributed by atoms with Gasteiger partial charge < -0.3 is 5.32 Å². The lowest BCUT2D eigenvalue weighted by Gasteiger charge is -2.08. The van der Waals surface area contributed by atoms with E-state index in [1.807, 2.05) is 20.0 Å². The molecule has 5 nitrogen and oxygen atoms in total. The summed E-state index contributed by atoms with van der Waals surface area (Å²) >= 11 is 5.78. The molecule has 0 unspecified atom stereocenters. The van der Waals surface area contributed by atoms with Gasteiger partial charge in [0.25, 0.3) is 0 Å². The van der Waals surface area contributed by atoms with E-state index >= 15 is 0 Å². The van der Waals surface area contributed by atoms with Crippen LogP contribution >= 0.6 is 11.6 Å². The van der Waals surface area contributed by atoms with Gasteiger partial charge in [-0.05, 0) is 19.1 Å². The van der Waals surface area contributed by atoms with Crippen molar-refractivity contribution >= 4 is 17.3 Å². The zero-order valence-electron chi connectivity index (χ0n) is 9.11. The van der Waals surface area contributed by atoms with Crippen molar-refractivity contribution in [2.45, 2.75) is 13.5 Å². The highest BCUT2D eigenvalue weighted by atomic mass is 35.5. The SMILES string of the molecule is Cc1nc(Cl)ccc1NCc1cnnn1C. The van der Waals surface area contributed by atoms with Crippen LogP contribution in [-0.2, 0) is 13.6 Å². The number of aryl methyl sites for hydroxylation is 2. The fraction of sp³-hybridized carbons (Fsp3) is 0.300. The van der Waals surface area contributed by atoms with E-state index in [4.69, 9.17) is 11.6 Å². The number of halogens is 1. The molecule has 0 radical (unpaired) electrons. The topological polar surface area (TPSA) is 55.6 Å². The summed E-state index contributed by atoms with van der Waals surface area (Å²) in [5, 5.41) is 11.4. The van der Waals surface area contributed by atoms with E-state index in [1.165, 1.54) is 0 Å². The molecule has 16 heavy (non-hydrogen) atoms. The third kappa shape index (κ3) is 2.30. The zero-order valence-corrected chi connectivity index (χ0v) is 9.86. The molecule has 2 aromatic rings. The second kappa shape index (κ2) is 4.49. The molecule has 0 saturated heterocycles. The van der Waals surface area contributed by atoms with Crippen LogP contribution in [0.1, 0.15) is 11.4 Å². The third-order valence-electron chi connectivity index (χ3n) is 2.32. The maximum Gasteiger partial charge on any atom is 0.129 e. The minimum absolute atomic E-state index is 0.505. The van der Waals surface area contributed by atoms with Crippen LogP contribution < -0.4 is 5.32 Å². The van der Waals surface area contributed by atoms with Crippen molar-refractivity contribution in [2.75, 3.05) is 5.32 Å². The van der Waals surface area contributed by atoms with Gasteiger partial charge in [-0.1, -0.05) is 16.8 Å². The lowest BCUT2D eigenvalue weighted by Crippen LogP contribution is -2.06. The van der Waals surface area contributed by atoms with Gasteiger partial charge in [-0.15, -0.1) is 5.10 Å². The van der Waals surface area contributed by atoms with Gasteiger partial charge in [0.2, 0.25) is 0 Å². The first-order valence-electron chi connectivity index (χ1n) is 4.87. The Morgan fingerprint density at radius 2 is 2.25 bits per heavy atom. The number of pyridine rings is 1. The van der Waals surface area contributed by atoms with Crippen molar-refractivity contribution in [2.24, 2.45) is 7.05 Å². The summed E-state index contributed by atoms with van der Waals surface area (Å²) in [6, 6.07) is 3.67. The number of hydrogen-bond donors (Lipinski definition) is 1. The van der Waals surface area contributed by atoms with Crippen LogP contribution in [0.4, 0.5) is 5.69 Å². The smallest absolute Gasteiger partial charge is 0.129 e. The normalized spacial score (nSPS) is 10.4. The standard InChI is InChI=1S/C10H12ClN5/c1-7-9(3-4-10(11)14-7)12-5-8-6-13-15-16(8)2/h3-4,6,12H,5H2,1-2H3. The average Bonchev–Trinajstić information content (AvgIpc) is 2.63. The van der Waals surface area contributed by atoms with Crippen molar-refractivity contribution in [1.82, 2.24) is 20.0 Å². The van der Waals surface area contributed by atoms with E-state index < -0.39 is 0 Å². The second-order valence-electron chi connectivity index (χ2n) is 3.47. The monoisotopic (exact) mass is 237 g/mol. The maximum atomic E-state index is 5.78. The first kappa shape index (κ1) is 10.9. The van der Waals surface area contributed by atoms with Gasteiger partial charge in [-0.25, -0.2) is 4.98 Å². The molecule has 0 aromatic carbocycles. The van der Waals surface area contributed by atoms with Gasteiger partial charge in [0.1, 0.15) is 5.15 Å². The number of nitrogens with one attached hydrogen (secondary N) is 1. The second-order valence-corrected chi connectivity index (χ2v) is 3.86. The maximum absolute atomic E-state index is 5.78. The van der Waals surface area contributed by atoms with Gasteiger partial charge >= 0.3 is 0 Å². The highest BCUT2D eigenvalue weighted by Gasteiger charge is 2.02. The van der Waals surface area contributed by atoms with Crippen LogP contribution in [0.3, 0.4) is 0 Å². The van der Waals surface area contributed by atoms with Crippen LogP contribution in [0, 0.1) is 6.92 Å². The highest BCUT2D eigenvalue weighted by molar-refractivity contribution is 6.29. The molecule has 0 fully saturated rings. The van der Waals surface area contributed by atoms with E-state index in [2.05, 4.69) is 20.6 Å². The molecular formula is C10H12ClN5. The van der Waals surface area contributed by atoms with Crippen LogP contribution in [0.2, 0.25) is 5.15 Å². The van der Waals surface area contributed by atoms with Gasteiger partial charge in [0, 0.05) is 7.05 Å².